The molecule has 0 unspecified atom stereocenters. The Kier molecular flexibility index (Phi) is 4.84. The maximum absolute atomic E-state index is 3.62. The molecule has 0 bridgehead atoms. The van der Waals surface area contributed by atoms with Crippen LogP contribution in [0.2, 0.25) is 0 Å². The Bertz CT molecular complexity index is 502. The van der Waals surface area contributed by atoms with E-state index >= 15 is 0 Å². The fourth-order valence-corrected chi connectivity index (χ4v) is 2.68. The highest BCUT2D eigenvalue weighted by molar-refractivity contribution is 9.10. The van der Waals surface area contributed by atoms with E-state index in [1.807, 2.05) is 0 Å². The third-order valence-corrected chi connectivity index (χ3v) is 3.80. The fraction of sp³-hybridized carbons (Fsp3) is 0.467. The Hall–Kier alpha value is -0.800. The number of rotatable bonds is 6. The van der Waals surface area contributed by atoms with Crippen molar-refractivity contribution >= 4 is 26.8 Å². The minimum atomic E-state index is 0.777. The van der Waals surface area contributed by atoms with Crippen LogP contribution in [0.25, 0.3) is 10.9 Å². The van der Waals surface area contributed by atoms with Gasteiger partial charge in [0.2, 0.25) is 0 Å². The van der Waals surface area contributed by atoms with Gasteiger partial charge in [0.1, 0.15) is 0 Å². The Morgan fingerprint density at radius 1 is 1.22 bits per heavy atom. The molecule has 2 aromatic rings. The van der Waals surface area contributed by atoms with Gasteiger partial charge in [0.25, 0.3) is 0 Å². The zero-order valence-corrected chi connectivity index (χ0v) is 12.7. The molecule has 0 radical (unpaired) electrons. The quantitative estimate of drug-likeness (QED) is 0.797. The van der Waals surface area contributed by atoms with Gasteiger partial charge in [0, 0.05) is 34.7 Å². The largest absolute Gasteiger partial charge is 0.345 e. The third kappa shape index (κ3) is 3.36. The van der Waals surface area contributed by atoms with Gasteiger partial charge in [-0.3, -0.25) is 0 Å². The molecule has 3 heteroatoms. The lowest BCUT2D eigenvalue weighted by Gasteiger charge is -2.08. The second-order valence-electron chi connectivity index (χ2n) is 5.12. The molecule has 0 atom stereocenters. The molecule has 0 aliphatic carbocycles. The van der Waals surface area contributed by atoms with Crippen molar-refractivity contribution in [3.8, 4) is 0 Å². The van der Waals surface area contributed by atoms with Gasteiger partial charge in [0.05, 0.1) is 0 Å². The van der Waals surface area contributed by atoms with Crippen molar-refractivity contribution in [2.45, 2.75) is 26.8 Å². The van der Waals surface area contributed by atoms with Crippen LogP contribution in [0.5, 0.6) is 0 Å². The molecule has 0 amide bonds. The number of nitrogens with zero attached hydrogens (tertiary/aromatic N) is 1. The maximum Gasteiger partial charge on any atom is 0.0492 e. The highest BCUT2D eigenvalue weighted by Crippen LogP contribution is 2.25. The second kappa shape index (κ2) is 6.39. The zero-order valence-electron chi connectivity index (χ0n) is 11.1. The van der Waals surface area contributed by atoms with E-state index < -0.39 is 0 Å². The number of aromatic nitrogens is 1. The standard InChI is InChI=1S/C15H21BrN2/c1-12(2)7-8-17-9-10-18-11-14(16)13-5-3-4-6-15(13)18/h3-6,11-12,17H,7-10H2,1-2H3. The molecular formula is C15H21BrN2. The summed E-state index contributed by atoms with van der Waals surface area (Å²) in [6, 6.07) is 8.51. The summed E-state index contributed by atoms with van der Waals surface area (Å²) in [6.45, 7) is 7.68. The summed E-state index contributed by atoms with van der Waals surface area (Å²) in [7, 11) is 0. The molecule has 0 saturated carbocycles. The predicted molar refractivity (Wildman–Crippen MR) is 82.0 cm³/mol. The van der Waals surface area contributed by atoms with Crippen LogP contribution in [-0.4, -0.2) is 17.7 Å². The molecular weight excluding hydrogens is 288 g/mol. The molecule has 18 heavy (non-hydrogen) atoms. The molecule has 1 heterocycles. The van der Waals surface area contributed by atoms with Gasteiger partial charge in [-0.25, -0.2) is 0 Å². The van der Waals surface area contributed by atoms with E-state index in [9.17, 15) is 0 Å². The minimum absolute atomic E-state index is 0.777. The summed E-state index contributed by atoms with van der Waals surface area (Å²) in [5.74, 6) is 0.777. The molecule has 0 aliphatic heterocycles. The van der Waals surface area contributed by atoms with Crippen LogP contribution in [0.3, 0.4) is 0 Å². The molecule has 0 aliphatic rings. The molecule has 1 aromatic heterocycles. The highest BCUT2D eigenvalue weighted by Gasteiger charge is 2.04. The van der Waals surface area contributed by atoms with Crippen molar-refractivity contribution in [2.75, 3.05) is 13.1 Å². The van der Waals surface area contributed by atoms with Gasteiger partial charge in [0.15, 0.2) is 0 Å². The molecule has 0 saturated heterocycles. The molecule has 98 valence electrons. The topological polar surface area (TPSA) is 17.0 Å². The SMILES string of the molecule is CC(C)CCNCCn1cc(Br)c2ccccc21. The first-order chi connectivity index (χ1) is 8.68. The first-order valence-electron chi connectivity index (χ1n) is 6.62. The monoisotopic (exact) mass is 308 g/mol. The van der Waals surface area contributed by atoms with E-state index in [0.29, 0.717) is 0 Å². The summed E-state index contributed by atoms with van der Waals surface area (Å²) >= 11 is 3.62. The maximum atomic E-state index is 3.62. The van der Waals surface area contributed by atoms with Crippen molar-refractivity contribution in [1.82, 2.24) is 9.88 Å². The van der Waals surface area contributed by atoms with Crippen LogP contribution < -0.4 is 5.32 Å². The van der Waals surface area contributed by atoms with Crippen LogP contribution in [0.15, 0.2) is 34.9 Å². The number of nitrogens with one attached hydrogen (secondary N) is 1. The molecule has 1 N–H and O–H groups in total. The van der Waals surface area contributed by atoms with Gasteiger partial charge in [-0.1, -0.05) is 32.0 Å². The van der Waals surface area contributed by atoms with Crippen LogP contribution in [0.1, 0.15) is 20.3 Å². The Balaban J connectivity index is 1.92. The van der Waals surface area contributed by atoms with E-state index in [4.69, 9.17) is 0 Å². The number of fused-ring (bicyclic) bond motifs is 1. The van der Waals surface area contributed by atoms with Gasteiger partial charge < -0.3 is 9.88 Å². The summed E-state index contributed by atoms with van der Waals surface area (Å²) in [6.07, 6.45) is 3.42. The fourth-order valence-electron chi connectivity index (χ4n) is 2.10. The van der Waals surface area contributed by atoms with E-state index in [1.165, 1.54) is 21.8 Å². The van der Waals surface area contributed by atoms with E-state index in [-0.39, 0.29) is 0 Å². The van der Waals surface area contributed by atoms with Crippen molar-refractivity contribution < 1.29 is 0 Å². The number of hydrogen-bond acceptors (Lipinski definition) is 1. The van der Waals surface area contributed by atoms with Gasteiger partial charge in [-0.15, -0.1) is 0 Å². The number of halogens is 1. The van der Waals surface area contributed by atoms with E-state index in [0.717, 1.165) is 25.6 Å². The minimum Gasteiger partial charge on any atom is -0.345 e. The first-order valence-corrected chi connectivity index (χ1v) is 7.42. The lowest BCUT2D eigenvalue weighted by molar-refractivity contribution is 0.522. The molecule has 0 fully saturated rings. The molecule has 1 aromatic carbocycles. The molecule has 2 rings (SSSR count). The van der Waals surface area contributed by atoms with Gasteiger partial charge in [-0.05, 0) is 40.9 Å². The Labute approximate surface area is 118 Å². The summed E-state index contributed by atoms with van der Waals surface area (Å²) in [4.78, 5) is 0. The summed E-state index contributed by atoms with van der Waals surface area (Å²) in [5, 5.41) is 4.79. The summed E-state index contributed by atoms with van der Waals surface area (Å²) in [5.41, 5.74) is 1.30. The van der Waals surface area contributed by atoms with Gasteiger partial charge in [-0.2, -0.15) is 0 Å². The van der Waals surface area contributed by atoms with Crippen molar-refractivity contribution in [3.63, 3.8) is 0 Å². The number of hydrogen-bond donors (Lipinski definition) is 1. The average molecular weight is 309 g/mol. The summed E-state index contributed by atoms with van der Waals surface area (Å²) < 4.78 is 3.49. The van der Waals surface area contributed by atoms with Crippen molar-refractivity contribution in [2.24, 2.45) is 5.92 Å². The Morgan fingerprint density at radius 3 is 2.78 bits per heavy atom. The lowest BCUT2D eigenvalue weighted by Crippen LogP contribution is -2.21. The van der Waals surface area contributed by atoms with Crippen LogP contribution in [0.4, 0.5) is 0 Å². The van der Waals surface area contributed by atoms with Crippen LogP contribution >= 0.6 is 15.9 Å². The highest BCUT2D eigenvalue weighted by atomic mass is 79.9. The Morgan fingerprint density at radius 2 is 2.00 bits per heavy atom. The van der Waals surface area contributed by atoms with E-state index in [1.54, 1.807) is 0 Å². The van der Waals surface area contributed by atoms with Crippen molar-refractivity contribution in [1.29, 1.82) is 0 Å². The smallest absolute Gasteiger partial charge is 0.0492 e. The number of benzene rings is 1. The normalized spacial score (nSPS) is 11.6. The number of para-hydroxylation sites is 1. The average Bonchev–Trinajstić information content (AvgIpc) is 2.66. The first kappa shape index (κ1) is 13.6. The third-order valence-electron chi connectivity index (χ3n) is 3.17. The van der Waals surface area contributed by atoms with Crippen LogP contribution in [0, 0.1) is 5.92 Å². The van der Waals surface area contributed by atoms with Crippen LogP contribution in [-0.2, 0) is 6.54 Å². The second-order valence-corrected chi connectivity index (χ2v) is 5.97. The molecule has 0 spiro atoms. The predicted octanol–water partition coefficient (Wildman–Crippen LogP) is 4.04. The lowest BCUT2D eigenvalue weighted by atomic mass is 10.1. The molecule has 2 nitrogen and oxygen atoms in total. The zero-order chi connectivity index (χ0) is 13.0. The van der Waals surface area contributed by atoms with E-state index in [2.05, 4.69) is 70.1 Å². The van der Waals surface area contributed by atoms with Gasteiger partial charge >= 0.3 is 0 Å². The van der Waals surface area contributed by atoms with Crippen molar-refractivity contribution in [3.05, 3.63) is 34.9 Å².